The van der Waals surface area contributed by atoms with Crippen LogP contribution in [0.25, 0.3) is 5.65 Å². The van der Waals surface area contributed by atoms with Crippen LogP contribution in [0.4, 0.5) is 10.3 Å². The number of fused-ring (bicyclic) bond motifs is 1. The van der Waals surface area contributed by atoms with Gasteiger partial charge in [-0.2, -0.15) is 13.9 Å². The third kappa shape index (κ3) is 5.64. The van der Waals surface area contributed by atoms with E-state index in [0.29, 0.717) is 0 Å². The Morgan fingerprint density at radius 1 is 1.24 bits per heavy atom. The molecule has 0 bridgehead atoms. The largest absolute Gasteiger partial charge is 0.490 e. The number of hydrogen-bond acceptors (Lipinski definition) is 12. The van der Waals surface area contributed by atoms with Crippen molar-refractivity contribution in [3.63, 3.8) is 0 Å². The fraction of sp³-hybridized carbons (Fsp3) is 0.417. The molecule has 1 aliphatic heterocycles. The van der Waals surface area contributed by atoms with Gasteiger partial charge in [0, 0.05) is 11.8 Å². The van der Waals surface area contributed by atoms with Gasteiger partial charge in [0.25, 0.3) is 0 Å². The van der Waals surface area contributed by atoms with Crippen LogP contribution in [-0.4, -0.2) is 63.5 Å². The van der Waals surface area contributed by atoms with E-state index < -0.39 is 54.1 Å². The van der Waals surface area contributed by atoms with E-state index in [4.69, 9.17) is 25.2 Å². The van der Waals surface area contributed by atoms with Crippen LogP contribution in [0.5, 0.6) is 0 Å². The average molecular weight is 533 g/mol. The Hall–Kier alpha value is -1.83. The molecule has 0 aliphatic carbocycles. The maximum absolute atomic E-state index is 14.8. The number of rotatable bonds is 8. The van der Waals surface area contributed by atoms with Crippen molar-refractivity contribution in [2.24, 2.45) is 0 Å². The van der Waals surface area contributed by atoms with Crippen molar-refractivity contribution in [1.29, 1.82) is 5.26 Å². The zero-order chi connectivity index (χ0) is 24.8. The highest BCUT2D eigenvalue weighted by molar-refractivity contribution is 7.66. The summed E-state index contributed by atoms with van der Waals surface area (Å²) in [5.74, 6) is -0.0144. The van der Waals surface area contributed by atoms with Gasteiger partial charge in [-0.15, -0.1) is 0 Å². The van der Waals surface area contributed by atoms with Crippen LogP contribution in [0.15, 0.2) is 18.6 Å². The van der Waals surface area contributed by atoms with Gasteiger partial charge in [0.15, 0.2) is 6.17 Å². The first-order valence-corrected chi connectivity index (χ1v) is 12.9. The van der Waals surface area contributed by atoms with Gasteiger partial charge in [-0.05, 0) is 6.07 Å². The van der Waals surface area contributed by atoms with E-state index in [9.17, 15) is 33.3 Å². The van der Waals surface area contributed by atoms with Gasteiger partial charge < -0.3 is 35.2 Å². The second kappa shape index (κ2) is 8.75. The summed E-state index contributed by atoms with van der Waals surface area (Å²) in [7, 11) is -17.1. The molecule has 0 saturated carbocycles. The number of aliphatic hydroxyl groups is 1. The molecule has 0 radical (unpaired) electrons. The molecule has 2 aromatic rings. The smallest absolute Gasteiger partial charge is 0.386 e. The molecule has 3 rings (SSSR count). The number of halogens is 1. The van der Waals surface area contributed by atoms with E-state index in [1.54, 1.807) is 0 Å². The molecule has 1 aliphatic rings. The van der Waals surface area contributed by atoms with E-state index in [2.05, 4.69) is 23.1 Å². The monoisotopic (exact) mass is 533 g/mol. The van der Waals surface area contributed by atoms with E-state index in [-0.39, 0.29) is 17.2 Å². The summed E-state index contributed by atoms with van der Waals surface area (Å²) in [5.41, 5.74) is 3.35. The Morgan fingerprint density at radius 3 is 2.48 bits per heavy atom. The zero-order valence-electron chi connectivity index (χ0n) is 15.9. The van der Waals surface area contributed by atoms with Gasteiger partial charge in [-0.1, -0.05) is 0 Å². The number of nitrogens with zero attached hydrogens (tertiary/aromatic N) is 4. The molecular formula is C12H15FN5O12P3. The fourth-order valence-electron chi connectivity index (χ4n) is 2.88. The Balaban J connectivity index is 1.79. The summed E-state index contributed by atoms with van der Waals surface area (Å²) in [6.45, 7) is -1.37. The van der Waals surface area contributed by atoms with Crippen LogP contribution in [0.1, 0.15) is 11.7 Å². The summed E-state index contributed by atoms with van der Waals surface area (Å²) < 4.78 is 66.7. The van der Waals surface area contributed by atoms with Crippen molar-refractivity contribution in [2.75, 3.05) is 12.3 Å². The van der Waals surface area contributed by atoms with Crippen molar-refractivity contribution in [2.45, 2.75) is 24.0 Å². The minimum absolute atomic E-state index is 0.0144. The van der Waals surface area contributed by atoms with Crippen LogP contribution >= 0.6 is 23.5 Å². The number of aliphatic hydroxyl groups excluding tert-OH is 1. The van der Waals surface area contributed by atoms with Gasteiger partial charge in [-0.3, -0.25) is 8.92 Å². The first-order valence-electron chi connectivity index (χ1n) is 8.36. The molecule has 1 saturated heterocycles. The van der Waals surface area contributed by atoms with E-state index in [1.807, 2.05) is 0 Å². The number of nitrogens with two attached hydrogens (primary N) is 1. The van der Waals surface area contributed by atoms with Crippen molar-refractivity contribution in [1.82, 2.24) is 14.4 Å². The number of nitriles is 1. The molecule has 17 nitrogen and oxygen atoms in total. The second-order valence-electron chi connectivity index (χ2n) is 6.53. The van der Waals surface area contributed by atoms with Crippen LogP contribution < -0.4 is 5.73 Å². The SMILES string of the molecule is N#C[C@]1(COP(=O)(O)OP(=O)(O)OP(=O)(O)O)O[C@@H](c2cc3ncnc(N)n3c2)[C@H](F)[C@@H]1O. The fourth-order valence-corrected chi connectivity index (χ4v) is 5.93. The standard InChI is InChI=1S/C12H15FN5O12P3/c13-8-9(6-1-7-16-5-17-11(15)18(7)2-6)28-12(3-14,10(8)19)4-27-32(23,24)30-33(25,26)29-31(20,21)22/h1-2,5,8-10,19H,4H2,(H,23,24)(H,25,26)(H2,15,16,17)(H2,20,21,22)/t8-,9-,10-,12+/m0/s1. The number of aromatic nitrogens is 3. The summed E-state index contributed by atoms with van der Waals surface area (Å²) >= 11 is 0. The second-order valence-corrected chi connectivity index (χ2v) is 10.9. The lowest BCUT2D eigenvalue weighted by Gasteiger charge is -2.25. The maximum Gasteiger partial charge on any atom is 0.490 e. The number of phosphoric ester groups is 1. The molecule has 0 spiro atoms. The van der Waals surface area contributed by atoms with Gasteiger partial charge in [-0.25, -0.2) is 28.1 Å². The Morgan fingerprint density at radius 2 is 1.91 bits per heavy atom. The summed E-state index contributed by atoms with van der Waals surface area (Å²) in [4.78, 5) is 43.4. The molecule has 1 fully saturated rings. The lowest BCUT2D eigenvalue weighted by Crippen LogP contribution is -2.44. The quantitative estimate of drug-likeness (QED) is 0.237. The number of ether oxygens (including phenoxy) is 1. The first-order chi connectivity index (χ1) is 15.1. The summed E-state index contributed by atoms with van der Waals surface area (Å²) in [5, 5.41) is 19.7. The number of hydrogen-bond donors (Lipinski definition) is 6. The van der Waals surface area contributed by atoms with Crippen molar-refractivity contribution in [3.05, 3.63) is 24.2 Å². The highest BCUT2D eigenvalue weighted by Crippen LogP contribution is 2.66. The van der Waals surface area contributed by atoms with Crippen LogP contribution in [0.3, 0.4) is 0 Å². The highest BCUT2D eigenvalue weighted by Gasteiger charge is 2.58. The zero-order valence-corrected chi connectivity index (χ0v) is 18.5. The third-order valence-corrected chi connectivity index (χ3v) is 8.01. The number of phosphoric acid groups is 3. The van der Waals surface area contributed by atoms with Gasteiger partial charge in [0.1, 0.15) is 36.9 Å². The van der Waals surface area contributed by atoms with E-state index >= 15 is 0 Å². The molecule has 33 heavy (non-hydrogen) atoms. The van der Waals surface area contributed by atoms with Gasteiger partial charge in [0.2, 0.25) is 11.5 Å². The molecule has 2 unspecified atom stereocenters. The Kier molecular flexibility index (Phi) is 6.84. The lowest BCUT2D eigenvalue weighted by molar-refractivity contribution is -0.0718. The first kappa shape index (κ1) is 25.8. The topological polar surface area (TPSA) is 269 Å². The minimum Gasteiger partial charge on any atom is -0.386 e. The predicted octanol–water partition coefficient (Wildman–Crippen LogP) is -0.313. The van der Waals surface area contributed by atoms with Crippen LogP contribution in [-0.2, 0) is 31.6 Å². The lowest BCUT2D eigenvalue weighted by atomic mass is 9.96. The molecule has 182 valence electrons. The van der Waals surface area contributed by atoms with Crippen molar-refractivity contribution < 1.29 is 60.6 Å². The highest BCUT2D eigenvalue weighted by atomic mass is 31.3. The van der Waals surface area contributed by atoms with E-state index in [0.717, 1.165) is 6.33 Å². The maximum atomic E-state index is 14.8. The third-order valence-electron chi connectivity index (χ3n) is 4.23. The summed E-state index contributed by atoms with van der Waals surface area (Å²) in [6, 6.07) is 2.72. The number of alkyl halides is 1. The average Bonchev–Trinajstić information content (AvgIpc) is 3.19. The van der Waals surface area contributed by atoms with Crippen LogP contribution in [0, 0.1) is 11.3 Å². The number of nitrogen functional groups attached to an aromatic ring is 1. The predicted molar refractivity (Wildman–Crippen MR) is 100 cm³/mol. The van der Waals surface area contributed by atoms with Crippen molar-refractivity contribution in [3.8, 4) is 6.07 Å². The molecule has 21 heteroatoms. The van der Waals surface area contributed by atoms with Gasteiger partial charge in [0.05, 0.1) is 0 Å². The molecule has 3 heterocycles. The summed E-state index contributed by atoms with van der Waals surface area (Å²) in [6.07, 6.45) is -3.71. The van der Waals surface area contributed by atoms with E-state index in [1.165, 1.54) is 22.7 Å². The van der Waals surface area contributed by atoms with Crippen LogP contribution in [0.2, 0.25) is 0 Å². The van der Waals surface area contributed by atoms with Gasteiger partial charge >= 0.3 is 23.5 Å². The molecule has 0 amide bonds. The molecule has 0 aromatic carbocycles. The molecular weight excluding hydrogens is 518 g/mol. The minimum atomic E-state index is -5.83. The number of anilines is 1. The molecule has 6 atom stereocenters. The normalized spacial score (nSPS) is 29.4. The molecule has 7 N–H and O–H groups in total. The Bertz CT molecular complexity index is 1250. The molecule has 2 aromatic heterocycles. The Labute approximate surface area is 182 Å². The van der Waals surface area contributed by atoms with Crippen molar-refractivity contribution >= 4 is 35.1 Å².